The third kappa shape index (κ3) is 7.89. The lowest BCUT2D eigenvalue weighted by Gasteiger charge is -2.28. The zero-order valence-corrected chi connectivity index (χ0v) is 20.6. The first kappa shape index (κ1) is 26.3. The standard InChI is InChI=1S/C27H23BrN2O6/c28-19-12-15-23(31)22(16-19)26(36-27(34)30-20-13-10-18(17-29)11-14-20)24(8-4-5-9-25(32)33)35-21-6-2-1-3-7-21/h1-3,5-7,9-16,24,26,31H,4,8H2,(H,30,34)(H,32,33)/b9-5+/t24-,26-/m1/s1. The topological polar surface area (TPSA) is 129 Å². The molecular formula is C27H23BrN2O6. The number of rotatable bonds is 10. The maximum Gasteiger partial charge on any atom is 0.412 e. The molecule has 3 rings (SSSR count). The molecule has 184 valence electrons. The Kier molecular flexibility index (Phi) is 9.48. The van der Waals surface area contributed by atoms with Gasteiger partial charge in [-0.1, -0.05) is 40.2 Å². The number of phenols is 1. The van der Waals surface area contributed by atoms with Crippen molar-refractivity contribution in [3.63, 3.8) is 0 Å². The fraction of sp³-hybridized carbons (Fsp3) is 0.148. The van der Waals surface area contributed by atoms with E-state index in [1.165, 1.54) is 12.1 Å². The monoisotopic (exact) mass is 550 g/mol. The van der Waals surface area contributed by atoms with Crippen LogP contribution in [0.4, 0.5) is 10.5 Å². The molecule has 0 aliphatic carbocycles. The maximum atomic E-state index is 12.9. The number of anilines is 1. The molecule has 0 radical (unpaired) electrons. The van der Waals surface area contributed by atoms with Crippen molar-refractivity contribution in [1.29, 1.82) is 5.26 Å². The van der Waals surface area contributed by atoms with Crippen LogP contribution >= 0.6 is 15.9 Å². The molecule has 0 fully saturated rings. The van der Waals surface area contributed by atoms with Crippen LogP contribution in [0.15, 0.2) is 89.4 Å². The quantitative estimate of drug-likeness (QED) is 0.257. The highest BCUT2D eigenvalue weighted by Crippen LogP contribution is 2.35. The van der Waals surface area contributed by atoms with Crippen molar-refractivity contribution in [2.24, 2.45) is 0 Å². The van der Waals surface area contributed by atoms with Gasteiger partial charge in [-0.05, 0) is 67.4 Å². The summed E-state index contributed by atoms with van der Waals surface area (Å²) in [4.78, 5) is 23.8. The van der Waals surface area contributed by atoms with Crippen LogP contribution in [0, 0.1) is 11.3 Å². The number of halogens is 1. The van der Waals surface area contributed by atoms with Gasteiger partial charge in [-0.25, -0.2) is 9.59 Å². The molecule has 0 aliphatic heterocycles. The zero-order chi connectivity index (χ0) is 25.9. The van der Waals surface area contributed by atoms with E-state index < -0.39 is 24.3 Å². The lowest BCUT2D eigenvalue weighted by atomic mass is 9.99. The van der Waals surface area contributed by atoms with E-state index >= 15 is 0 Å². The number of amides is 1. The molecule has 8 nitrogen and oxygen atoms in total. The summed E-state index contributed by atoms with van der Waals surface area (Å²) in [5, 5.41) is 31.1. The first-order valence-corrected chi connectivity index (χ1v) is 11.7. The first-order valence-electron chi connectivity index (χ1n) is 10.9. The van der Waals surface area contributed by atoms with Gasteiger partial charge in [0.2, 0.25) is 0 Å². The molecule has 0 spiro atoms. The van der Waals surface area contributed by atoms with Crippen LogP contribution in [0.2, 0.25) is 0 Å². The molecule has 9 heteroatoms. The molecule has 0 heterocycles. The number of nitrogens with one attached hydrogen (secondary N) is 1. The summed E-state index contributed by atoms with van der Waals surface area (Å²) in [6.07, 6.45) is 0.473. The van der Waals surface area contributed by atoms with E-state index in [1.807, 2.05) is 12.1 Å². The Labute approximate surface area is 216 Å². The van der Waals surface area contributed by atoms with Gasteiger partial charge in [0.25, 0.3) is 0 Å². The summed E-state index contributed by atoms with van der Waals surface area (Å²) >= 11 is 3.38. The number of ether oxygens (including phenoxy) is 2. The van der Waals surface area contributed by atoms with Gasteiger partial charge in [-0.2, -0.15) is 5.26 Å². The number of hydrogen-bond acceptors (Lipinski definition) is 6. The number of carbonyl (C=O) groups excluding carboxylic acids is 1. The number of carboxylic acids is 1. The number of nitrogens with zero attached hydrogens (tertiary/aromatic N) is 1. The molecule has 3 aromatic carbocycles. The summed E-state index contributed by atoms with van der Waals surface area (Å²) in [6, 6.07) is 21.9. The normalized spacial score (nSPS) is 12.3. The van der Waals surface area contributed by atoms with Crippen molar-refractivity contribution in [3.8, 4) is 17.6 Å². The highest BCUT2D eigenvalue weighted by atomic mass is 79.9. The highest BCUT2D eigenvalue weighted by Gasteiger charge is 2.31. The van der Waals surface area contributed by atoms with Crippen LogP contribution in [0.25, 0.3) is 0 Å². The molecule has 0 aliphatic rings. The van der Waals surface area contributed by atoms with E-state index in [-0.39, 0.29) is 12.2 Å². The Hall–Kier alpha value is -4.29. The second-order valence-electron chi connectivity index (χ2n) is 7.63. The largest absolute Gasteiger partial charge is 0.508 e. The Morgan fingerprint density at radius 1 is 1.08 bits per heavy atom. The van der Waals surface area contributed by atoms with E-state index in [9.17, 15) is 14.7 Å². The Balaban J connectivity index is 1.92. The number of carboxylic acid groups (broad SMARTS) is 1. The van der Waals surface area contributed by atoms with Gasteiger partial charge in [0, 0.05) is 21.8 Å². The number of carbonyl (C=O) groups is 2. The van der Waals surface area contributed by atoms with Crippen molar-refractivity contribution in [2.45, 2.75) is 25.0 Å². The molecule has 36 heavy (non-hydrogen) atoms. The maximum absolute atomic E-state index is 12.9. The average molecular weight is 551 g/mol. The number of aromatic hydroxyl groups is 1. The summed E-state index contributed by atoms with van der Waals surface area (Å²) in [6.45, 7) is 0. The second kappa shape index (κ2) is 13.0. The van der Waals surface area contributed by atoms with Crippen LogP contribution in [-0.2, 0) is 9.53 Å². The summed E-state index contributed by atoms with van der Waals surface area (Å²) < 4.78 is 12.6. The van der Waals surface area contributed by atoms with E-state index in [4.69, 9.17) is 19.8 Å². The van der Waals surface area contributed by atoms with Crippen LogP contribution in [0.1, 0.15) is 30.1 Å². The molecule has 0 aromatic heterocycles. The van der Waals surface area contributed by atoms with E-state index in [2.05, 4.69) is 21.2 Å². The smallest absolute Gasteiger partial charge is 0.412 e. The summed E-state index contributed by atoms with van der Waals surface area (Å²) in [5.41, 5.74) is 1.17. The predicted molar refractivity (Wildman–Crippen MR) is 137 cm³/mol. The molecule has 0 unspecified atom stereocenters. The number of aliphatic carboxylic acids is 1. The third-order valence-electron chi connectivity index (χ3n) is 5.04. The number of benzene rings is 3. The minimum Gasteiger partial charge on any atom is -0.508 e. The second-order valence-corrected chi connectivity index (χ2v) is 8.55. The van der Waals surface area contributed by atoms with Crippen molar-refractivity contribution in [2.75, 3.05) is 5.32 Å². The molecule has 3 aromatic rings. The van der Waals surface area contributed by atoms with Crippen LogP contribution in [0.3, 0.4) is 0 Å². The van der Waals surface area contributed by atoms with Crippen molar-refractivity contribution < 1.29 is 29.3 Å². The molecule has 3 N–H and O–H groups in total. The van der Waals surface area contributed by atoms with E-state index in [1.54, 1.807) is 60.7 Å². The summed E-state index contributed by atoms with van der Waals surface area (Å²) in [7, 11) is 0. The zero-order valence-electron chi connectivity index (χ0n) is 19.0. The van der Waals surface area contributed by atoms with Gasteiger partial charge in [0.15, 0.2) is 6.10 Å². The molecule has 0 saturated carbocycles. The molecular weight excluding hydrogens is 528 g/mol. The first-order chi connectivity index (χ1) is 17.4. The van der Waals surface area contributed by atoms with Gasteiger partial charge in [-0.15, -0.1) is 0 Å². The SMILES string of the molecule is N#Cc1ccc(NC(=O)O[C@H](c2cc(Br)ccc2O)[C@@H](CC/C=C/C(=O)O)Oc2ccccc2)cc1. The predicted octanol–water partition coefficient (Wildman–Crippen LogP) is 6.18. The van der Waals surface area contributed by atoms with Crippen molar-refractivity contribution in [3.05, 3.63) is 101 Å². The lowest BCUT2D eigenvalue weighted by molar-refractivity contribution is -0.131. The number of para-hydroxylation sites is 1. The van der Waals surface area contributed by atoms with Gasteiger partial charge >= 0.3 is 12.1 Å². The van der Waals surface area contributed by atoms with Crippen LogP contribution < -0.4 is 10.1 Å². The number of nitriles is 1. The Morgan fingerprint density at radius 2 is 1.81 bits per heavy atom. The number of allylic oxidation sites excluding steroid dienone is 1. The van der Waals surface area contributed by atoms with Crippen molar-refractivity contribution >= 4 is 33.7 Å². The highest BCUT2D eigenvalue weighted by molar-refractivity contribution is 9.10. The van der Waals surface area contributed by atoms with Crippen LogP contribution in [-0.4, -0.2) is 28.4 Å². The fourth-order valence-corrected chi connectivity index (χ4v) is 3.75. The molecule has 0 bridgehead atoms. The Morgan fingerprint density at radius 3 is 2.47 bits per heavy atom. The van der Waals surface area contributed by atoms with Gasteiger partial charge in [-0.3, -0.25) is 5.32 Å². The summed E-state index contributed by atoms with van der Waals surface area (Å²) in [5.74, 6) is -0.660. The number of hydrogen-bond donors (Lipinski definition) is 3. The number of phenolic OH excluding ortho intramolecular Hbond substituents is 1. The van der Waals surface area contributed by atoms with E-state index in [0.717, 1.165) is 6.08 Å². The van der Waals surface area contributed by atoms with Crippen molar-refractivity contribution in [1.82, 2.24) is 0 Å². The molecule has 1 amide bonds. The van der Waals surface area contributed by atoms with Gasteiger partial charge in [0.05, 0.1) is 11.6 Å². The average Bonchev–Trinajstić information content (AvgIpc) is 2.87. The van der Waals surface area contributed by atoms with Crippen LogP contribution in [0.5, 0.6) is 11.5 Å². The van der Waals surface area contributed by atoms with Gasteiger partial charge in [0.1, 0.15) is 17.6 Å². The molecule has 0 saturated heterocycles. The minimum atomic E-state index is -1.07. The Bertz CT molecular complexity index is 1260. The van der Waals surface area contributed by atoms with Gasteiger partial charge < -0.3 is 19.7 Å². The lowest BCUT2D eigenvalue weighted by Crippen LogP contribution is -2.31. The molecule has 2 atom stereocenters. The third-order valence-corrected chi connectivity index (χ3v) is 5.53. The fourth-order valence-electron chi connectivity index (χ4n) is 3.37. The minimum absolute atomic E-state index is 0.0999. The van der Waals surface area contributed by atoms with E-state index in [0.29, 0.717) is 33.5 Å².